The summed E-state index contributed by atoms with van der Waals surface area (Å²) < 4.78 is 3.70. The number of nitrogens with one attached hydrogen (secondary N) is 1. The van der Waals surface area contributed by atoms with Crippen LogP contribution in [0.2, 0.25) is 0 Å². The van der Waals surface area contributed by atoms with Gasteiger partial charge < -0.3 is 5.32 Å². The first kappa shape index (κ1) is 12.8. The van der Waals surface area contributed by atoms with Crippen LogP contribution in [0.1, 0.15) is 24.6 Å². The molecule has 0 amide bonds. The van der Waals surface area contributed by atoms with Crippen LogP contribution in [0.25, 0.3) is 0 Å². The Labute approximate surface area is 107 Å². The first-order valence-corrected chi connectivity index (χ1v) is 6.35. The van der Waals surface area contributed by atoms with Gasteiger partial charge in [-0.15, -0.1) is 5.10 Å². The number of nitrogens with zero attached hydrogens (tertiary/aromatic N) is 5. The molecule has 2 aromatic heterocycles. The van der Waals surface area contributed by atoms with Gasteiger partial charge in [-0.1, -0.05) is 12.1 Å². The Morgan fingerprint density at radius 2 is 2.22 bits per heavy atom. The van der Waals surface area contributed by atoms with Crippen molar-refractivity contribution in [2.75, 3.05) is 6.54 Å². The summed E-state index contributed by atoms with van der Waals surface area (Å²) >= 11 is 0. The van der Waals surface area contributed by atoms with E-state index in [4.69, 9.17) is 0 Å². The Balaban J connectivity index is 1.79. The highest BCUT2D eigenvalue weighted by Crippen LogP contribution is 2.00. The fourth-order valence-corrected chi connectivity index (χ4v) is 1.77. The van der Waals surface area contributed by atoms with Crippen LogP contribution in [-0.2, 0) is 26.6 Å². The zero-order valence-electron chi connectivity index (χ0n) is 11.0. The topological polar surface area (TPSA) is 60.6 Å². The maximum atomic E-state index is 4.15. The van der Waals surface area contributed by atoms with Gasteiger partial charge in [0.25, 0.3) is 0 Å². The highest BCUT2D eigenvalue weighted by atomic mass is 15.4. The molecule has 98 valence electrons. The van der Waals surface area contributed by atoms with Gasteiger partial charge in [-0.3, -0.25) is 9.36 Å². The summed E-state index contributed by atoms with van der Waals surface area (Å²) in [5.41, 5.74) is 2.22. The molecule has 0 aliphatic carbocycles. The maximum Gasteiger partial charge on any atom is 0.0964 e. The fourth-order valence-electron chi connectivity index (χ4n) is 1.77. The van der Waals surface area contributed by atoms with Crippen LogP contribution >= 0.6 is 0 Å². The van der Waals surface area contributed by atoms with E-state index in [0.29, 0.717) is 0 Å². The van der Waals surface area contributed by atoms with Crippen molar-refractivity contribution in [1.29, 1.82) is 0 Å². The zero-order chi connectivity index (χ0) is 12.8. The second kappa shape index (κ2) is 6.30. The van der Waals surface area contributed by atoms with Crippen molar-refractivity contribution < 1.29 is 0 Å². The molecule has 0 fully saturated rings. The summed E-state index contributed by atoms with van der Waals surface area (Å²) in [5.74, 6) is 0. The quantitative estimate of drug-likeness (QED) is 0.735. The number of rotatable bonds is 7. The van der Waals surface area contributed by atoms with E-state index in [1.54, 1.807) is 0 Å². The van der Waals surface area contributed by atoms with Crippen LogP contribution in [-0.4, -0.2) is 31.3 Å². The summed E-state index contributed by atoms with van der Waals surface area (Å²) in [5, 5.41) is 15.7. The van der Waals surface area contributed by atoms with Crippen LogP contribution in [0.5, 0.6) is 0 Å². The second-order valence-electron chi connectivity index (χ2n) is 4.42. The molecule has 0 atom stereocenters. The lowest BCUT2D eigenvalue weighted by atomic mass is 10.2. The third-order valence-electron chi connectivity index (χ3n) is 2.71. The van der Waals surface area contributed by atoms with E-state index < -0.39 is 0 Å². The average molecular weight is 248 g/mol. The first-order valence-electron chi connectivity index (χ1n) is 6.35. The lowest BCUT2D eigenvalue weighted by Crippen LogP contribution is -2.13. The largest absolute Gasteiger partial charge is 0.311 e. The Morgan fingerprint density at radius 1 is 1.33 bits per heavy atom. The van der Waals surface area contributed by atoms with E-state index >= 15 is 0 Å². The third-order valence-corrected chi connectivity index (χ3v) is 2.71. The van der Waals surface area contributed by atoms with E-state index in [2.05, 4.69) is 27.7 Å². The molecule has 2 heterocycles. The molecular formula is C12H20N6. The highest BCUT2D eigenvalue weighted by Gasteiger charge is 2.01. The van der Waals surface area contributed by atoms with Gasteiger partial charge in [-0.05, 0) is 24.9 Å². The molecule has 2 rings (SSSR count). The van der Waals surface area contributed by atoms with Gasteiger partial charge in [0.2, 0.25) is 0 Å². The Kier molecular flexibility index (Phi) is 4.46. The number of aryl methyl sites for hydroxylation is 3. The number of hydrogen-bond acceptors (Lipinski definition) is 4. The molecule has 0 saturated heterocycles. The monoisotopic (exact) mass is 248 g/mol. The van der Waals surface area contributed by atoms with Crippen LogP contribution < -0.4 is 5.32 Å². The smallest absolute Gasteiger partial charge is 0.0964 e. The van der Waals surface area contributed by atoms with Gasteiger partial charge in [-0.2, -0.15) is 5.10 Å². The average Bonchev–Trinajstić information content (AvgIpc) is 2.96. The van der Waals surface area contributed by atoms with Gasteiger partial charge >= 0.3 is 0 Å². The minimum absolute atomic E-state index is 0.792. The molecule has 0 saturated carbocycles. The van der Waals surface area contributed by atoms with E-state index in [-0.39, 0.29) is 0 Å². The molecule has 6 heteroatoms. The molecule has 1 N–H and O–H groups in total. The first-order chi connectivity index (χ1) is 8.78. The number of aromatic nitrogens is 5. The molecule has 18 heavy (non-hydrogen) atoms. The minimum atomic E-state index is 0.792. The lowest BCUT2D eigenvalue weighted by Gasteiger charge is -1.98. The van der Waals surface area contributed by atoms with Crippen LogP contribution in [0.3, 0.4) is 0 Å². The lowest BCUT2D eigenvalue weighted by molar-refractivity contribution is 0.588. The standard InChI is InChI=1S/C12H20N6/c1-3-5-13-8-12-10-18(16-15-12)6-4-11-7-14-17(2)9-11/h7,9-10,13H,3-6,8H2,1-2H3. The van der Waals surface area contributed by atoms with Crippen LogP contribution in [0, 0.1) is 0 Å². The molecule has 0 unspecified atom stereocenters. The summed E-state index contributed by atoms with van der Waals surface area (Å²) in [6.07, 6.45) is 7.98. The molecule has 0 bridgehead atoms. The van der Waals surface area contributed by atoms with Crippen molar-refractivity contribution in [2.24, 2.45) is 7.05 Å². The summed E-state index contributed by atoms with van der Waals surface area (Å²) in [7, 11) is 1.93. The highest BCUT2D eigenvalue weighted by molar-refractivity contribution is 5.03. The van der Waals surface area contributed by atoms with Crippen LogP contribution in [0.15, 0.2) is 18.6 Å². The normalized spacial score (nSPS) is 11.0. The fraction of sp³-hybridized carbons (Fsp3) is 0.583. The van der Waals surface area contributed by atoms with Crippen molar-refractivity contribution >= 4 is 0 Å². The molecule has 0 aromatic carbocycles. The van der Waals surface area contributed by atoms with Gasteiger partial charge in [0, 0.05) is 32.5 Å². The van der Waals surface area contributed by atoms with E-state index in [0.717, 1.165) is 38.2 Å². The predicted octanol–water partition coefficient (Wildman–Crippen LogP) is 0.754. The van der Waals surface area contributed by atoms with Crippen molar-refractivity contribution in [1.82, 2.24) is 30.1 Å². The molecule has 0 spiro atoms. The Morgan fingerprint density at radius 3 is 2.94 bits per heavy atom. The van der Waals surface area contributed by atoms with E-state index in [1.807, 2.05) is 35.0 Å². The predicted molar refractivity (Wildman–Crippen MR) is 68.9 cm³/mol. The SMILES string of the molecule is CCCNCc1cn(CCc2cnn(C)c2)nn1. The van der Waals surface area contributed by atoms with Gasteiger partial charge in [0.15, 0.2) is 0 Å². The summed E-state index contributed by atoms with van der Waals surface area (Å²) in [6, 6.07) is 0. The summed E-state index contributed by atoms with van der Waals surface area (Å²) in [4.78, 5) is 0. The van der Waals surface area contributed by atoms with Gasteiger partial charge in [0.05, 0.1) is 11.9 Å². The molecule has 0 radical (unpaired) electrons. The molecule has 0 aliphatic heterocycles. The maximum absolute atomic E-state index is 4.15. The third kappa shape index (κ3) is 3.66. The Hall–Kier alpha value is -1.69. The zero-order valence-corrected chi connectivity index (χ0v) is 11.0. The van der Waals surface area contributed by atoms with Gasteiger partial charge in [0.1, 0.15) is 0 Å². The van der Waals surface area contributed by atoms with Gasteiger partial charge in [-0.25, -0.2) is 0 Å². The van der Waals surface area contributed by atoms with Crippen molar-refractivity contribution in [3.63, 3.8) is 0 Å². The van der Waals surface area contributed by atoms with Crippen molar-refractivity contribution in [3.05, 3.63) is 29.8 Å². The van der Waals surface area contributed by atoms with Crippen molar-refractivity contribution in [3.8, 4) is 0 Å². The molecule has 6 nitrogen and oxygen atoms in total. The van der Waals surface area contributed by atoms with Crippen molar-refractivity contribution in [2.45, 2.75) is 32.9 Å². The minimum Gasteiger partial charge on any atom is -0.311 e. The van der Waals surface area contributed by atoms with E-state index in [9.17, 15) is 0 Å². The number of hydrogen-bond donors (Lipinski definition) is 1. The molecular weight excluding hydrogens is 228 g/mol. The molecule has 0 aliphatic rings. The summed E-state index contributed by atoms with van der Waals surface area (Å²) in [6.45, 7) is 4.80. The Bertz CT molecular complexity index is 472. The second-order valence-corrected chi connectivity index (χ2v) is 4.42. The molecule has 2 aromatic rings. The van der Waals surface area contributed by atoms with E-state index in [1.165, 1.54) is 5.56 Å². The van der Waals surface area contributed by atoms with Crippen LogP contribution in [0.4, 0.5) is 0 Å².